The number of benzene rings is 3. The quantitative estimate of drug-likeness (QED) is 0.353. The zero-order chi connectivity index (χ0) is 21.2. The van der Waals surface area contributed by atoms with Crippen molar-refractivity contribution in [3.8, 4) is 5.75 Å². The summed E-state index contributed by atoms with van der Waals surface area (Å²) in [6.07, 6.45) is 0. The van der Waals surface area contributed by atoms with Gasteiger partial charge in [0.05, 0.1) is 18.5 Å². The number of para-hydroxylation sites is 1. The molecule has 3 aromatic carbocycles. The van der Waals surface area contributed by atoms with Crippen LogP contribution in [-0.4, -0.2) is 37.6 Å². The SMILES string of the molecule is COc1cccc(N2CCN(SC(C)c3ccc4c(c3)Nc3ccccc3S4)CC2)c1. The van der Waals surface area contributed by atoms with Gasteiger partial charge in [-0.15, -0.1) is 0 Å². The second-order valence-corrected chi connectivity index (χ2v) is 10.4. The highest BCUT2D eigenvalue weighted by Crippen LogP contribution is 2.45. The highest BCUT2D eigenvalue weighted by Gasteiger charge is 2.22. The third kappa shape index (κ3) is 4.52. The molecule has 1 atom stereocenters. The standard InChI is InChI=1S/C25H27N3OS2/c1-18(19-10-11-25-23(16-19)26-22-8-3-4-9-24(22)30-25)31-28-14-12-27(13-15-28)20-6-5-7-21(17-20)29-2/h3-11,16-18,26H,12-15H2,1-2H3. The molecule has 0 bridgehead atoms. The van der Waals surface area contributed by atoms with Crippen LogP contribution >= 0.6 is 23.7 Å². The highest BCUT2D eigenvalue weighted by atomic mass is 32.2. The maximum Gasteiger partial charge on any atom is 0.120 e. The summed E-state index contributed by atoms with van der Waals surface area (Å²) in [5.74, 6) is 0.921. The number of hydrogen-bond acceptors (Lipinski definition) is 6. The molecule has 2 heterocycles. The topological polar surface area (TPSA) is 27.7 Å². The van der Waals surface area contributed by atoms with E-state index in [1.807, 2.05) is 29.8 Å². The van der Waals surface area contributed by atoms with Crippen LogP contribution in [0.2, 0.25) is 0 Å². The van der Waals surface area contributed by atoms with Crippen molar-refractivity contribution in [3.63, 3.8) is 0 Å². The van der Waals surface area contributed by atoms with Crippen LogP contribution < -0.4 is 15.0 Å². The van der Waals surface area contributed by atoms with Gasteiger partial charge in [0.15, 0.2) is 0 Å². The molecule has 0 spiro atoms. The van der Waals surface area contributed by atoms with E-state index in [0.717, 1.165) is 31.9 Å². The summed E-state index contributed by atoms with van der Waals surface area (Å²) in [6, 6.07) is 23.7. The Labute approximate surface area is 193 Å². The lowest BCUT2D eigenvalue weighted by atomic mass is 10.1. The molecule has 31 heavy (non-hydrogen) atoms. The molecule has 0 saturated carbocycles. The first-order valence-electron chi connectivity index (χ1n) is 10.7. The van der Waals surface area contributed by atoms with Gasteiger partial charge in [-0.25, -0.2) is 4.31 Å². The van der Waals surface area contributed by atoms with Gasteiger partial charge >= 0.3 is 0 Å². The summed E-state index contributed by atoms with van der Waals surface area (Å²) in [5, 5.41) is 4.03. The van der Waals surface area contributed by atoms with E-state index in [1.165, 1.54) is 32.4 Å². The summed E-state index contributed by atoms with van der Waals surface area (Å²) >= 11 is 3.81. The molecule has 2 aliphatic rings. The van der Waals surface area contributed by atoms with Crippen LogP contribution in [0.4, 0.5) is 17.1 Å². The molecule has 1 unspecified atom stereocenters. The third-order valence-electron chi connectivity index (χ3n) is 5.81. The average molecular weight is 450 g/mol. The largest absolute Gasteiger partial charge is 0.497 e. The number of ether oxygens (including phenoxy) is 1. The predicted octanol–water partition coefficient (Wildman–Crippen LogP) is 6.43. The van der Waals surface area contributed by atoms with Gasteiger partial charge in [-0.1, -0.05) is 48.0 Å². The molecule has 0 radical (unpaired) electrons. The van der Waals surface area contributed by atoms with Crippen molar-refractivity contribution in [2.45, 2.75) is 22.0 Å². The smallest absolute Gasteiger partial charge is 0.120 e. The number of piperazine rings is 1. The third-order valence-corrected chi connectivity index (χ3v) is 8.22. The first-order valence-corrected chi connectivity index (χ1v) is 12.3. The van der Waals surface area contributed by atoms with Gasteiger partial charge in [0, 0.05) is 53.0 Å². The second-order valence-electron chi connectivity index (χ2n) is 7.84. The lowest BCUT2D eigenvalue weighted by Gasteiger charge is -2.36. The molecule has 1 saturated heterocycles. The Morgan fingerprint density at radius 3 is 2.55 bits per heavy atom. The minimum Gasteiger partial charge on any atom is -0.497 e. The molecule has 2 aliphatic heterocycles. The van der Waals surface area contributed by atoms with Crippen LogP contribution in [0, 0.1) is 0 Å². The van der Waals surface area contributed by atoms with Crippen molar-refractivity contribution in [3.05, 3.63) is 72.3 Å². The first-order chi connectivity index (χ1) is 15.2. The molecule has 0 amide bonds. The molecule has 1 fully saturated rings. The Bertz CT molecular complexity index is 1070. The van der Waals surface area contributed by atoms with E-state index in [2.05, 4.69) is 82.1 Å². The van der Waals surface area contributed by atoms with Gasteiger partial charge in [-0.3, -0.25) is 0 Å². The van der Waals surface area contributed by atoms with E-state index in [-0.39, 0.29) is 0 Å². The number of methoxy groups -OCH3 is 1. The minimum absolute atomic E-state index is 0.414. The molecule has 5 rings (SSSR count). The Balaban J connectivity index is 1.20. The summed E-state index contributed by atoms with van der Waals surface area (Å²) in [7, 11) is 1.72. The molecule has 0 aromatic heterocycles. The lowest BCUT2D eigenvalue weighted by molar-refractivity contribution is 0.412. The Kier molecular flexibility index (Phi) is 6.03. The van der Waals surface area contributed by atoms with Crippen LogP contribution in [-0.2, 0) is 0 Å². The molecule has 160 valence electrons. The maximum atomic E-state index is 5.38. The fraction of sp³-hybridized carbons (Fsp3) is 0.280. The van der Waals surface area contributed by atoms with Crippen molar-refractivity contribution in [2.24, 2.45) is 0 Å². The molecular formula is C25H27N3OS2. The number of fused-ring (bicyclic) bond motifs is 2. The Hall–Kier alpha value is -2.28. The van der Waals surface area contributed by atoms with Crippen molar-refractivity contribution >= 4 is 40.8 Å². The second kappa shape index (κ2) is 9.07. The van der Waals surface area contributed by atoms with Crippen LogP contribution in [0.5, 0.6) is 5.75 Å². The van der Waals surface area contributed by atoms with Crippen molar-refractivity contribution in [1.29, 1.82) is 0 Å². The van der Waals surface area contributed by atoms with E-state index in [1.54, 1.807) is 7.11 Å². The van der Waals surface area contributed by atoms with E-state index >= 15 is 0 Å². The molecule has 4 nitrogen and oxygen atoms in total. The van der Waals surface area contributed by atoms with Gasteiger partial charge in [-0.05, 0) is 48.9 Å². The Morgan fingerprint density at radius 1 is 0.903 bits per heavy atom. The fourth-order valence-electron chi connectivity index (χ4n) is 4.05. The van der Waals surface area contributed by atoms with Gasteiger partial charge in [0.25, 0.3) is 0 Å². The normalized spacial score (nSPS) is 16.8. The van der Waals surface area contributed by atoms with Crippen LogP contribution in [0.15, 0.2) is 76.5 Å². The van der Waals surface area contributed by atoms with Gasteiger partial charge in [-0.2, -0.15) is 0 Å². The van der Waals surface area contributed by atoms with E-state index < -0.39 is 0 Å². The molecule has 6 heteroatoms. The number of anilines is 3. The van der Waals surface area contributed by atoms with Crippen molar-refractivity contribution in [2.75, 3.05) is 43.5 Å². The number of nitrogens with one attached hydrogen (secondary N) is 1. The Morgan fingerprint density at radius 2 is 1.71 bits per heavy atom. The molecular weight excluding hydrogens is 422 g/mol. The van der Waals surface area contributed by atoms with Crippen LogP contribution in [0.1, 0.15) is 17.7 Å². The molecule has 1 N–H and O–H groups in total. The zero-order valence-corrected chi connectivity index (χ0v) is 19.5. The summed E-state index contributed by atoms with van der Waals surface area (Å²) in [6.45, 7) is 6.49. The number of nitrogens with zero attached hydrogens (tertiary/aromatic N) is 2. The van der Waals surface area contributed by atoms with E-state index in [9.17, 15) is 0 Å². The van der Waals surface area contributed by atoms with Crippen molar-refractivity contribution in [1.82, 2.24) is 4.31 Å². The molecule has 3 aromatic rings. The summed E-state index contributed by atoms with van der Waals surface area (Å²) in [4.78, 5) is 5.03. The number of rotatable bonds is 5. The zero-order valence-electron chi connectivity index (χ0n) is 17.9. The van der Waals surface area contributed by atoms with Crippen molar-refractivity contribution < 1.29 is 4.74 Å². The summed E-state index contributed by atoms with van der Waals surface area (Å²) in [5.41, 5.74) is 5.03. The minimum atomic E-state index is 0.414. The van der Waals surface area contributed by atoms with E-state index in [4.69, 9.17) is 4.74 Å². The van der Waals surface area contributed by atoms with Gasteiger partial charge in [0.2, 0.25) is 0 Å². The van der Waals surface area contributed by atoms with Crippen LogP contribution in [0.3, 0.4) is 0 Å². The lowest BCUT2D eigenvalue weighted by Crippen LogP contribution is -2.43. The highest BCUT2D eigenvalue weighted by molar-refractivity contribution is 7.99. The predicted molar refractivity (Wildman–Crippen MR) is 133 cm³/mol. The van der Waals surface area contributed by atoms with Gasteiger partial charge < -0.3 is 15.0 Å². The van der Waals surface area contributed by atoms with Gasteiger partial charge in [0.1, 0.15) is 5.75 Å². The van der Waals surface area contributed by atoms with Crippen LogP contribution in [0.25, 0.3) is 0 Å². The average Bonchev–Trinajstić information content (AvgIpc) is 2.83. The number of hydrogen-bond donors (Lipinski definition) is 1. The first kappa shape index (κ1) is 20.6. The van der Waals surface area contributed by atoms with E-state index in [0.29, 0.717) is 5.25 Å². The summed E-state index contributed by atoms with van der Waals surface area (Å²) < 4.78 is 7.89. The maximum absolute atomic E-state index is 5.38. The molecule has 0 aliphatic carbocycles. The fourth-order valence-corrected chi connectivity index (χ4v) is 6.11. The monoisotopic (exact) mass is 449 g/mol.